The van der Waals surface area contributed by atoms with Gasteiger partial charge in [-0.25, -0.2) is 4.52 Å². The van der Waals surface area contributed by atoms with E-state index in [1.165, 1.54) is 12.8 Å². The Bertz CT molecular complexity index is 1050. The molecule has 0 amide bonds. The fraction of sp³-hybridized carbons (Fsp3) is 0.500. The molecule has 3 aromatic heterocycles. The average Bonchev–Trinajstić information content (AvgIpc) is 3.35. The first-order valence-corrected chi connectivity index (χ1v) is 11.4. The molecule has 0 bridgehead atoms. The monoisotopic (exact) mass is 424 g/mol. The van der Waals surface area contributed by atoms with Crippen molar-refractivity contribution < 1.29 is 5.11 Å². The Kier molecular flexibility index (Phi) is 6.42. The molecule has 1 aliphatic rings. The van der Waals surface area contributed by atoms with Crippen LogP contribution < -0.4 is 0 Å². The second-order valence-electron chi connectivity index (χ2n) is 8.21. The van der Waals surface area contributed by atoms with Crippen molar-refractivity contribution in [2.45, 2.75) is 43.4 Å². The van der Waals surface area contributed by atoms with E-state index in [-0.39, 0.29) is 6.61 Å². The van der Waals surface area contributed by atoms with Crippen LogP contribution in [0.25, 0.3) is 16.6 Å². The highest BCUT2D eigenvalue weighted by atomic mass is 32.2. The van der Waals surface area contributed by atoms with Gasteiger partial charge in [-0.1, -0.05) is 13.8 Å². The summed E-state index contributed by atoms with van der Waals surface area (Å²) in [6.45, 7) is 8.26. The third kappa shape index (κ3) is 4.53. The molecular formula is C22H28N6OS. The van der Waals surface area contributed by atoms with Crippen molar-refractivity contribution in [1.29, 1.82) is 5.26 Å². The van der Waals surface area contributed by atoms with Gasteiger partial charge >= 0.3 is 0 Å². The number of likely N-dealkylation sites (tertiary alicyclic amines) is 1. The van der Waals surface area contributed by atoms with Gasteiger partial charge in [-0.15, -0.1) is 11.8 Å². The summed E-state index contributed by atoms with van der Waals surface area (Å²) in [4.78, 5) is 3.41. The molecule has 1 fully saturated rings. The van der Waals surface area contributed by atoms with E-state index >= 15 is 0 Å². The number of aliphatic hydroxyl groups is 1. The van der Waals surface area contributed by atoms with E-state index in [9.17, 15) is 10.4 Å². The van der Waals surface area contributed by atoms with Crippen molar-refractivity contribution in [3.63, 3.8) is 0 Å². The van der Waals surface area contributed by atoms with Crippen LogP contribution in [0.5, 0.6) is 0 Å². The third-order valence-corrected chi connectivity index (χ3v) is 6.53. The average molecular weight is 425 g/mol. The Morgan fingerprint density at radius 2 is 2.13 bits per heavy atom. The first-order chi connectivity index (χ1) is 14.6. The molecule has 0 unspecified atom stereocenters. The highest BCUT2D eigenvalue weighted by Crippen LogP contribution is 2.33. The SMILES string of the molecule is CC(C)Sc1cc(-c2cnn(C[C@@H]3CCCN(CCO)C3)c2)cn2ncc(C#N)c12. The molecule has 158 valence electrons. The van der Waals surface area contributed by atoms with Gasteiger partial charge in [0.2, 0.25) is 0 Å². The first kappa shape index (κ1) is 20.9. The molecule has 7 nitrogen and oxygen atoms in total. The zero-order valence-electron chi connectivity index (χ0n) is 17.5. The van der Waals surface area contributed by atoms with Gasteiger partial charge in [0, 0.05) is 53.3 Å². The van der Waals surface area contributed by atoms with Gasteiger partial charge in [-0.05, 0) is 31.4 Å². The molecule has 3 aromatic rings. The number of aliphatic hydroxyl groups excluding tert-OH is 1. The first-order valence-electron chi connectivity index (χ1n) is 10.5. The van der Waals surface area contributed by atoms with Gasteiger partial charge in [0.05, 0.1) is 30.1 Å². The standard InChI is InChI=1S/C22H28N6OS/c1-16(2)30-21-8-18(15-28-22(21)19(9-23)10-25-28)20-11-24-27(14-20)13-17-4-3-5-26(12-17)6-7-29/h8,10-11,14-17,29H,3-7,12-13H2,1-2H3/t17-/m1/s1. The molecule has 0 spiro atoms. The minimum Gasteiger partial charge on any atom is -0.395 e. The summed E-state index contributed by atoms with van der Waals surface area (Å²) in [6, 6.07) is 4.40. The third-order valence-electron chi connectivity index (χ3n) is 5.49. The highest BCUT2D eigenvalue weighted by molar-refractivity contribution is 8.00. The van der Waals surface area contributed by atoms with Crippen molar-refractivity contribution in [2.75, 3.05) is 26.2 Å². The highest BCUT2D eigenvalue weighted by Gasteiger charge is 2.20. The molecule has 1 aliphatic heterocycles. The molecule has 30 heavy (non-hydrogen) atoms. The summed E-state index contributed by atoms with van der Waals surface area (Å²) < 4.78 is 3.84. The van der Waals surface area contributed by atoms with Gasteiger partial charge in [0.15, 0.2) is 0 Å². The van der Waals surface area contributed by atoms with Gasteiger partial charge in [0.1, 0.15) is 6.07 Å². The molecular weight excluding hydrogens is 396 g/mol. The number of pyridine rings is 1. The van der Waals surface area contributed by atoms with Crippen LogP contribution in [-0.4, -0.2) is 60.9 Å². The second-order valence-corrected chi connectivity index (χ2v) is 9.82. The topological polar surface area (TPSA) is 82.4 Å². The number of β-amino-alcohol motifs (C(OH)–C–C–N with tert-alkyl or cyclic N) is 1. The van der Waals surface area contributed by atoms with Gasteiger partial charge in [-0.2, -0.15) is 15.5 Å². The molecule has 8 heteroatoms. The molecule has 4 heterocycles. The smallest absolute Gasteiger partial charge is 0.103 e. The minimum atomic E-state index is 0.221. The molecule has 1 N–H and O–H groups in total. The quantitative estimate of drug-likeness (QED) is 0.586. The zero-order valence-corrected chi connectivity index (χ0v) is 18.3. The Hall–Kier alpha value is -2.34. The normalized spacial score (nSPS) is 17.6. The van der Waals surface area contributed by atoms with E-state index in [4.69, 9.17) is 0 Å². The van der Waals surface area contributed by atoms with Crippen molar-refractivity contribution >= 4 is 17.3 Å². The predicted octanol–water partition coefficient (Wildman–Crippen LogP) is 3.27. The van der Waals surface area contributed by atoms with E-state index in [0.29, 0.717) is 16.7 Å². The summed E-state index contributed by atoms with van der Waals surface area (Å²) in [5, 5.41) is 28.1. The lowest BCUT2D eigenvalue weighted by Crippen LogP contribution is -2.38. The number of nitrogens with zero attached hydrogens (tertiary/aromatic N) is 6. The number of aromatic nitrogens is 4. The fourth-order valence-electron chi connectivity index (χ4n) is 4.19. The number of nitriles is 1. The Labute approximate surface area is 181 Å². The number of hydrogen-bond donors (Lipinski definition) is 1. The fourth-order valence-corrected chi connectivity index (χ4v) is 5.21. The molecule has 0 saturated carbocycles. The molecule has 4 rings (SSSR count). The predicted molar refractivity (Wildman–Crippen MR) is 118 cm³/mol. The number of hydrogen-bond acceptors (Lipinski definition) is 6. The summed E-state index contributed by atoms with van der Waals surface area (Å²) in [5.74, 6) is 0.553. The lowest BCUT2D eigenvalue weighted by molar-refractivity contribution is 0.130. The van der Waals surface area contributed by atoms with Crippen molar-refractivity contribution in [3.05, 3.63) is 36.4 Å². The number of thioether (sulfide) groups is 1. The van der Waals surface area contributed by atoms with Crippen LogP contribution in [0.2, 0.25) is 0 Å². The second kappa shape index (κ2) is 9.21. The van der Waals surface area contributed by atoms with Crippen LogP contribution in [0.4, 0.5) is 0 Å². The largest absolute Gasteiger partial charge is 0.395 e. The summed E-state index contributed by atoms with van der Waals surface area (Å²) in [5.41, 5.74) is 3.58. The van der Waals surface area contributed by atoms with Crippen LogP contribution in [0.15, 0.2) is 35.7 Å². The summed E-state index contributed by atoms with van der Waals surface area (Å²) >= 11 is 1.75. The van der Waals surface area contributed by atoms with E-state index < -0.39 is 0 Å². The molecule has 0 aromatic carbocycles. The molecule has 0 radical (unpaired) electrons. The van der Waals surface area contributed by atoms with Crippen LogP contribution in [0.3, 0.4) is 0 Å². The summed E-state index contributed by atoms with van der Waals surface area (Å²) in [7, 11) is 0. The van der Waals surface area contributed by atoms with Crippen molar-refractivity contribution in [2.24, 2.45) is 5.92 Å². The lowest BCUT2D eigenvalue weighted by atomic mass is 9.98. The van der Waals surface area contributed by atoms with Crippen LogP contribution in [-0.2, 0) is 6.54 Å². The zero-order chi connectivity index (χ0) is 21.1. The van der Waals surface area contributed by atoms with Crippen LogP contribution >= 0.6 is 11.8 Å². The van der Waals surface area contributed by atoms with Crippen LogP contribution in [0.1, 0.15) is 32.3 Å². The maximum atomic E-state index is 9.44. The van der Waals surface area contributed by atoms with Gasteiger partial charge in [0.25, 0.3) is 0 Å². The van der Waals surface area contributed by atoms with Gasteiger partial charge in [-0.3, -0.25) is 4.68 Å². The molecule has 1 atom stereocenters. The lowest BCUT2D eigenvalue weighted by Gasteiger charge is -2.32. The van der Waals surface area contributed by atoms with E-state index in [2.05, 4.69) is 47.3 Å². The number of rotatable bonds is 7. The Morgan fingerprint density at radius 1 is 1.27 bits per heavy atom. The number of piperidine rings is 1. The van der Waals surface area contributed by atoms with E-state index in [1.54, 1.807) is 18.0 Å². The van der Waals surface area contributed by atoms with Crippen molar-refractivity contribution in [3.8, 4) is 17.2 Å². The van der Waals surface area contributed by atoms with Crippen LogP contribution in [0, 0.1) is 17.2 Å². The van der Waals surface area contributed by atoms with E-state index in [1.807, 2.05) is 21.6 Å². The minimum absolute atomic E-state index is 0.221. The maximum absolute atomic E-state index is 9.44. The Morgan fingerprint density at radius 3 is 2.90 bits per heavy atom. The molecule has 1 saturated heterocycles. The number of fused-ring (bicyclic) bond motifs is 1. The molecule has 0 aliphatic carbocycles. The van der Waals surface area contributed by atoms with Gasteiger partial charge < -0.3 is 10.0 Å². The Balaban J connectivity index is 1.58. The summed E-state index contributed by atoms with van der Waals surface area (Å²) in [6.07, 6.45) is 9.99. The van der Waals surface area contributed by atoms with E-state index in [0.717, 1.165) is 47.7 Å². The maximum Gasteiger partial charge on any atom is 0.103 e. The van der Waals surface area contributed by atoms with Crippen molar-refractivity contribution in [1.82, 2.24) is 24.3 Å².